The summed E-state index contributed by atoms with van der Waals surface area (Å²) in [5, 5.41) is 16.1. The van der Waals surface area contributed by atoms with E-state index in [-0.39, 0.29) is 5.75 Å². The Morgan fingerprint density at radius 2 is 1.79 bits per heavy atom. The van der Waals surface area contributed by atoms with Crippen LogP contribution in [0.4, 0.5) is 11.5 Å². The largest absolute Gasteiger partial charge is 0.508 e. The van der Waals surface area contributed by atoms with Crippen molar-refractivity contribution in [2.24, 2.45) is 0 Å². The Balaban J connectivity index is 0.000000390. The van der Waals surface area contributed by atoms with Crippen LogP contribution >= 0.6 is 11.6 Å². The Morgan fingerprint density at radius 1 is 1.03 bits per heavy atom. The van der Waals surface area contributed by atoms with Gasteiger partial charge in [-0.05, 0) is 75.8 Å². The van der Waals surface area contributed by atoms with Crippen molar-refractivity contribution in [2.45, 2.75) is 50.7 Å². The highest BCUT2D eigenvalue weighted by molar-refractivity contribution is 6.36. The molecule has 38 heavy (non-hydrogen) atoms. The van der Waals surface area contributed by atoms with Crippen molar-refractivity contribution in [3.8, 4) is 11.8 Å². The number of anilines is 2. The van der Waals surface area contributed by atoms with Gasteiger partial charge in [-0.25, -0.2) is 0 Å². The Hall–Kier alpha value is -2.81. The number of hydrogen-bond acceptors (Lipinski definition) is 8. The third-order valence-corrected chi connectivity index (χ3v) is 8.58. The van der Waals surface area contributed by atoms with Crippen LogP contribution in [0, 0.1) is 0 Å². The molecule has 2 unspecified atom stereocenters. The molecule has 3 saturated heterocycles. The minimum atomic E-state index is 0.177. The summed E-state index contributed by atoms with van der Waals surface area (Å²) in [6.45, 7) is 6.12. The van der Waals surface area contributed by atoms with E-state index in [1.165, 1.54) is 44.3 Å². The zero-order chi connectivity index (χ0) is 26.2. The third-order valence-electron chi connectivity index (χ3n) is 8.28. The summed E-state index contributed by atoms with van der Waals surface area (Å²) in [5.41, 5.74) is 3.29. The first-order valence-electron chi connectivity index (χ1n) is 13.8. The average Bonchev–Trinajstić information content (AvgIpc) is 3.54. The number of phenolic OH excluding ortho intramolecular Hbond substituents is 1. The minimum Gasteiger partial charge on any atom is -0.508 e. The van der Waals surface area contributed by atoms with Crippen molar-refractivity contribution < 1.29 is 9.84 Å². The summed E-state index contributed by atoms with van der Waals surface area (Å²) in [5.74, 6) is 1.21. The summed E-state index contributed by atoms with van der Waals surface area (Å²) in [7, 11) is 3.80. The molecule has 2 bridgehead atoms. The van der Waals surface area contributed by atoms with Gasteiger partial charge < -0.3 is 29.9 Å². The second kappa shape index (κ2) is 10.8. The first-order chi connectivity index (χ1) is 18.5. The van der Waals surface area contributed by atoms with Crippen LogP contribution in [0.2, 0.25) is 5.02 Å². The molecule has 9 heteroatoms. The maximum absolute atomic E-state index is 9.96. The topological polar surface area (TPSA) is 77.0 Å². The fraction of sp³-hybridized carbons (Fsp3) is 0.517. The van der Waals surface area contributed by atoms with E-state index < -0.39 is 0 Å². The van der Waals surface area contributed by atoms with Gasteiger partial charge in [0, 0.05) is 48.4 Å². The van der Waals surface area contributed by atoms with Crippen LogP contribution in [0.25, 0.3) is 10.8 Å². The fourth-order valence-electron chi connectivity index (χ4n) is 6.40. The smallest absolute Gasteiger partial charge is 0.318 e. The molecule has 7 rings (SSSR count). The number of likely N-dealkylation sites (tertiary alicyclic amines) is 1. The van der Waals surface area contributed by atoms with Gasteiger partial charge in [-0.3, -0.25) is 0 Å². The first-order valence-corrected chi connectivity index (χ1v) is 14.2. The number of nitrogens with one attached hydrogen (secondary N) is 1. The highest BCUT2D eigenvalue weighted by atomic mass is 35.5. The molecule has 0 saturated carbocycles. The van der Waals surface area contributed by atoms with Crippen molar-refractivity contribution in [3.63, 3.8) is 0 Å². The molecule has 2 aromatic carbocycles. The standard InChI is InChI=1S/C24H26ClN5O2.C5H11N/c1-32-24-27-20-13-29(21-4-2-3-14-9-17(31)10-19(25)22(14)21)8-7-18(20)23(28-24)30-11-15-5-6-16(12-30)26-15;1-6-4-2-3-5-6/h2-4,9-10,15-16,26,31H,5-8,11-13H2,1H3;2-5H2,1H3. The summed E-state index contributed by atoms with van der Waals surface area (Å²) >= 11 is 6.55. The van der Waals surface area contributed by atoms with Crippen molar-refractivity contribution in [1.29, 1.82) is 0 Å². The van der Waals surface area contributed by atoms with E-state index in [0.717, 1.165) is 54.0 Å². The molecule has 0 aliphatic carbocycles. The lowest BCUT2D eigenvalue weighted by Crippen LogP contribution is -2.52. The number of piperazine rings is 1. The summed E-state index contributed by atoms with van der Waals surface area (Å²) in [4.78, 5) is 16.6. The molecule has 3 aromatic rings. The van der Waals surface area contributed by atoms with Gasteiger partial charge >= 0.3 is 6.01 Å². The van der Waals surface area contributed by atoms with Crippen LogP contribution in [0.3, 0.4) is 0 Å². The number of phenols is 1. The van der Waals surface area contributed by atoms with Crippen molar-refractivity contribution >= 4 is 33.9 Å². The van der Waals surface area contributed by atoms with E-state index in [1.807, 2.05) is 12.1 Å². The molecule has 0 amide bonds. The van der Waals surface area contributed by atoms with Crippen molar-refractivity contribution in [1.82, 2.24) is 20.2 Å². The van der Waals surface area contributed by atoms with Crippen LogP contribution in [0.5, 0.6) is 11.8 Å². The van der Waals surface area contributed by atoms with Gasteiger partial charge in [-0.2, -0.15) is 9.97 Å². The normalized spacial score (nSPS) is 22.8. The third kappa shape index (κ3) is 5.09. The highest BCUT2D eigenvalue weighted by Gasteiger charge is 2.35. The molecule has 1 aromatic heterocycles. The summed E-state index contributed by atoms with van der Waals surface area (Å²) < 4.78 is 5.49. The number of fused-ring (bicyclic) bond motifs is 4. The molecule has 202 valence electrons. The Bertz CT molecular complexity index is 1300. The van der Waals surface area contributed by atoms with Crippen LogP contribution in [-0.2, 0) is 13.0 Å². The van der Waals surface area contributed by atoms with E-state index in [2.05, 4.69) is 33.1 Å². The number of halogens is 1. The van der Waals surface area contributed by atoms with Gasteiger partial charge in [-0.1, -0.05) is 23.7 Å². The second-order valence-corrected chi connectivity index (χ2v) is 11.4. The van der Waals surface area contributed by atoms with Gasteiger partial charge in [0.05, 0.1) is 24.4 Å². The van der Waals surface area contributed by atoms with Crippen molar-refractivity contribution in [2.75, 3.05) is 56.7 Å². The van der Waals surface area contributed by atoms with E-state index in [0.29, 0.717) is 29.7 Å². The lowest BCUT2D eigenvalue weighted by atomic mass is 10.0. The molecule has 2 atom stereocenters. The Morgan fingerprint density at radius 3 is 2.47 bits per heavy atom. The van der Waals surface area contributed by atoms with E-state index in [1.54, 1.807) is 19.2 Å². The minimum absolute atomic E-state index is 0.177. The van der Waals surface area contributed by atoms with E-state index >= 15 is 0 Å². The molecule has 3 fully saturated rings. The molecular formula is C29H37ClN6O2. The Labute approximate surface area is 229 Å². The average molecular weight is 537 g/mol. The van der Waals surface area contributed by atoms with Gasteiger partial charge in [0.25, 0.3) is 0 Å². The fourth-order valence-corrected chi connectivity index (χ4v) is 6.71. The first kappa shape index (κ1) is 25.5. The maximum atomic E-state index is 9.96. The van der Waals surface area contributed by atoms with E-state index in [9.17, 15) is 5.11 Å². The number of aromatic nitrogens is 2. The van der Waals surface area contributed by atoms with Gasteiger partial charge in [0.15, 0.2) is 0 Å². The Kier molecular flexibility index (Phi) is 7.20. The van der Waals surface area contributed by atoms with E-state index in [4.69, 9.17) is 26.3 Å². The van der Waals surface area contributed by atoms with Crippen molar-refractivity contribution in [3.05, 3.63) is 46.6 Å². The quantitative estimate of drug-likeness (QED) is 0.515. The zero-order valence-electron chi connectivity index (χ0n) is 22.3. The van der Waals surface area contributed by atoms with Crippen LogP contribution in [0.1, 0.15) is 36.9 Å². The van der Waals surface area contributed by atoms with Crippen LogP contribution < -0.4 is 19.9 Å². The lowest BCUT2D eigenvalue weighted by molar-refractivity contribution is 0.374. The molecule has 4 aliphatic heterocycles. The lowest BCUT2D eigenvalue weighted by Gasteiger charge is -2.37. The number of benzene rings is 2. The second-order valence-electron chi connectivity index (χ2n) is 11.0. The molecule has 2 N–H and O–H groups in total. The number of hydrogen-bond donors (Lipinski definition) is 2. The number of aromatic hydroxyl groups is 1. The summed E-state index contributed by atoms with van der Waals surface area (Å²) in [6, 6.07) is 10.9. The predicted molar refractivity (Wildman–Crippen MR) is 153 cm³/mol. The monoisotopic (exact) mass is 536 g/mol. The molecule has 0 radical (unpaired) electrons. The molecule has 0 spiro atoms. The van der Waals surface area contributed by atoms with Gasteiger partial charge in [0.1, 0.15) is 11.6 Å². The molecule has 5 heterocycles. The zero-order valence-corrected chi connectivity index (χ0v) is 23.0. The number of ether oxygens (including phenoxy) is 1. The highest BCUT2D eigenvalue weighted by Crippen LogP contribution is 2.39. The van der Waals surface area contributed by atoms with Crippen LogP contribution in [0.15, 0.2) is 30.3 Å². The predicted octanol–water partition coefficient (Wildman–Crippen LogP) is 4.21. The SMILES string of the molecule is CN1CCCC1.COc1nc2c(c(N3CC4CCC(C3)N4)n1)CCN(c1cccc3cc(O)cc(Cl)c13)C2. The van der Waals surface area contributed by atoms with Gasteiger partial charge in [0.2, 0.25) is 0 Å². The number of methoxy groups -OCH3 is 1. The summed E-state index contributed by atoms with van der Waals surface area (Å²) in [6.07, 6.45) is 6.15. The molecular weight excluding hydrogens is 500 g/mol. The van der Waals surface area contributed by atoms with Gasteiger partial charge in [-0.15, -0.1) is 0 Å². The molecule has 4 aliphatic rings. The number of nitrogens with zero attached hydrogens (tertiary/aromatic N) is 5. The van der Waals surface area contributed by atoms with Crippen LogP contribution in [-0.4, -0.2) is 78.9 Å². The number of rotatable bonds is 3. The molecule has 8 nitrogen and oxygen atoms in total. The maximum Gasteiger partial charge on any atom is 0.318 e.